The highest BCUT2D eigenvalue weighted by Gasteiger charge is 2.54. The predicted molar refractivity (Wildman–Crippen MR) is 151 cm³/mol. The number of fused-ring (bicyclic) bond motifs is 1. The fourth-order valence-electron chi connectivity index (χ4n) is 4.11. The Morgan fingerprint density at radius 2 is 1.79 bits per heavy atom. The number of β-lactam (4-membered cyclic amide) rings is 1. The van der Waals surface area contributed by atoms with Crippen molar-refractivity contribution in [2.45, 2.75) is 17.8 Å². The van der Waals surface area contributed by atoms with Gasteiger partial charge in [0.2, 0.25) is 5.91 Å². The van der Waals surface area contributed by atoms with E-state index in [0.29, 0.717) is 32.1 Å². The molecule has 3 aromatic rings. The Kier molecular flexibility index (Phi) is 8.29. The van der Waals surface area contributed by atoms with E-state index in [4.69, 9.17) is 44.3 Å². The number of thioether (sulfide) groups is 1. The zero-order chi connectivity index (χ0) is 27.7. The van der Waals surface area contributed by atoms with Crippen LogP contribution in [0.2, 0.25) is 15.1 Å². The number of hydrogen-bond donors (Lipinski definition) is 2. The van der Waals surface area contributed by atoms with Gasteiger partial charge in [0, 0.05) is 32.3 Å². The lowest BCUT2D eigenvalue weighted by Gasteiger charge is -2.49. The first kappa shape index (κ1) is 27.7. The number of aliphatic carboxylic acids is 1. The number of ether oxygens (including phenoxy) is 2. The molecule has 1 saturated heterocycles. The Morgan fingerprint density at radius 3 is 2.49 bits per heavy atom. The molecular weight excluding hydrogens is 607 g/mol. The van der Waals surface area contributed by atoms with E-state index >= 15 is 0 Å². The van der Waals surface area contributed by atoms with Crippen LogP contribution in [-0.2, 0) is 20.8 Å². The van der Waals surface area contributed by atoms with Gasteiger partial charge >= 0.3 is 5.97 Å². The maximum atomic E-state index is 12.9. The average Bonchev–Trinajstić information content (AvgIpc) is 3.41. The predicted octanol–water partition coefficient (Wildman–Crippen LogP) is 5.86. The first-order valence-corrected chi connectivity index (χ1v) is 14.5. The van der Waals surface area contributed by atoms with E-state index in [1.54, 1.807) is 24.3 Å². The van der Waals surface area contributed by atoms with Crippen molar-refractivity contribution >= 4 is 75.7 Å². The van der Waals surface area contributed by atoms with Crippen LogP contribution in [0.25, 0.3) is 0 Å². The zero-order valence-corrected chi connectivity index (χ0v) is 23.8. The van der Waals surface area contributed by atoms with E-state index in [1.165, 1.54) is 40.1 Å². The maximum Gasteiger partial charge on any atom is 0.352 e. The fraction of sp³-hybridized carbons (Fsp3) is 0.192. The van der Waals surface area contributed by atoms with Gasteiger partial charge in [-0.05, 0) is 41.8 Å². The van der Waals surface area contributed by atoms with Crippen LogP contribution in [0.3, 0.4) is 0 Å². The summed E-state index contributed by atoms with van der Waals surface area (Å²) in [6.07, 6.45) is 0.158. The van der Waals surface area contributed by atoms with Crippen LogP contribution < -0.4 is 14.8 Å². The topological polar surface area (TPSA) is 105 Å². The number of thiophene rings is 1. The summed E-state index contributed by atoms with van der Waals surface area (Å²) in [4.78, 5) is 39.6. The molecule has 39 heavy (non-hydrogen) atoms. The van der Waals surface area contributed by atoms with Gasteiger partial charge in [0.25, 0.3) is 5.91 Å². The molecule has 0 spiro atoms. The molecule has 0 radical (unpaired) electrons. The van der Waals surface area contributed by atoms with E-state index in [1.807, 2.05) is 17.5 Å². The van der Waals surface area contributed by atoms with E-state index in [-0.39, 0.29) is 36.1 Å². The first-order chi connectivity index (χ1) is 18.7. The van der Waals surface area contributed by atoms with Gasteiger partial charge in [0.1, 0.15) is 29.5 Å². The molecule has 2 aromatic carbocycles. The van der Waals surface area contributed by atoms with Crippen molar-refractivity contribution in [3.05, 3.63) is 85.1 Å². The second kappa shape index (κ2) is 11.7. The summed E-state index contributed by atoms with van der Waals surface area (Å²) >= 11 is 21.2. The Hall–Kier alpha value is -2.89. The summed E-state index contributed by atoms with van der Waals surface area (Å²) in [7, 11) is 0. The van der Waals surface area contributed by atoms with Gasteiger partial charge < -0.3 is 19.9 Å². The number of carboxylic acid groups (broad SMARTS) is 1. The van der Waals surface area contributed by atoms with Crippen molar-refractivity contribution in [2.75, 3.05) is 12.4 Å². The molecule has 1 fully saturated rings. The minimum Gasteiger partial charge on any atom is -0.485 e. The zero-order valence-electron chi connectivity index (χ0n) is 19.9. The monoisotopic (exact) mass is 624 g/mol. The molecule has 2 aliphatic rings. The maximum absolute atomic E-state index is 12.9. The third kappa shape index (κ3) is 6.00. The van der Waals surface area contributed by atoms with Gasteiger partial charge in [0.15, 0.2) is 11.5 Å². The molecule has 3 heterocycles. The van der Waals surface area contributed by atoms with Gasteiger partial charge in [-0.15, -0.1) is 23.1 Å². The summed E-state index contributed by atoms with van der Waals surface area (Å²) in [6.45, 7) is -0.133. The van der Waals surface area contributed by atoms with Crippen LogP contribution in [0, 0.1) is 0 Å². The van der Waals surface area contributed by atoms with Crippen LogP contribution in [0.1, 0.15) is 4.88 Å². The Balaban J connectivity index is 1.30. The number of carboxylic acids is 1. The highest BCUT2D eigenvalue weighted by Crippen LogP contribution is 2.42. The van der Waals surface area contributed by atoms with Crippen molar-refractivity contribution < 1.29 is 29.0 Å². The largest absolute Gasteiger partial charge is 0.485 e. The number of rotatable bonds is 9. The number of amides is 2. The Bertz CT molecular complexity index is 1480. The molecule has 0 aliphatic carbocycles. The molecule has 8 nitrogen and oxygen atoms in total. The fourth-order valence-corrected chi connectivity index (χ4v) is 6.75. The van der Waals surface area contributed by atoms with Crippen LogP contribution in [0.15, 0.2) is 65.2 Å². The third-order valence-corrected chi connectivity index (χ3v) is 8.88. The van der Waals surface area contributed by atoms with Crippen molar-refractivity contribution in [1.82, 2.24) is 10.2 Å². The molecule has 2 atom stereocenters. The van der Waals surface area contributed by atoms with E-state index < -0.39 is 23.3 Å². The smallest absolute Gasteiger partial charge is 0.352 e. The third-order valence-electron chi connectivity index (χ3n) is 5.90. The number of benzene rings is 2. The molecule has 2 N–H and O–H groups in total. The molecule has 1 aromatic heterocycles. The summed E-state index contributed by atoms with van der Waals surface area (Å²) in [6, 6.07) is 12.4. The van der Waals surface area contributed by atoms with Crippen molar-refractivity contribution in [3.63, 3.8) is 0 Å². The van der Waals surface area contributed by atoms with Crippen LogP contribution in [0.5, 0.6) is 17.2 Å². The standard InChI is InChI=1S/C26H19Cl3N2O6S2/c27-14-3-5-18(17(29)8-14)37-19-6-4-15(28)9-20(19)36-11-13-12-39-25-22(24(33)31(25)23(13)26(34)35)30-21(32)10-16-2-1-7-38-16/h1-9,22,25H,10-12H2,(H,30,32)(H,34,35)/t22?,25-/m0/s1. The lowest BCUT2D eigenvalue weighted by Crippen LogP contribution is -2.70. The number of halogens is 3. The minimum atomic E-state index is -1.26. The summed E-state index contributed by atoms with van der Waals surface area (Å²) in [5, 5.41) is 15.2. The van der Waals surface area contributed by atoms with Gasteiger partial charge in [-0.1, -0.05) is 40.9 Å². The van der Waals surface area contributed by atoms with Gasteiger partial charge in [-0.3, -0.25) is 14.5 Å². The summed E-state index contributed by atoms with van der Waals surface area (Å²) in [5.74, 6) is -0.847. The quantitative estimate of drug-likeness (QED) is 0.287. The van der Waals surface area contributed by atoms with Gasteiger partial charge in [-0.2, -0.15) is 0 Å². The first-order valence-electron chi connectivity index (χ1n) is 11.5. The van der Waals surface area contributed by atoms with Crippen molar-refractivity contribution in [3.8, 4) is 17.2 Å². The molecule has 1 unspecified atom stereocenters. The summed E-state index contributed by atoms with van der Waals surface area (Å²) in [5.41, 5.74) is 0.244. The number of nitrogens with one attached hydrogen (secondary N) is 1. The Morgan fingerprint density at radius 1 is 1.05 bits per heavy atom. The molecule has 2 aliphatic heterocycles. The normalized spacial score (nSPS) is 18.3. The van der Waals surface area contributed by atoms with Crippen molar-refractivity contribution in [1.29, 1.82) is 0 Å². The lowest BCUT2D eigenvalue weighted by molar-refractivity contribution is -0.150. The SMILES string of the molecule is O=C(Cc1cccs1)NC1C(=O)N2C(C(=O)O)=C(COc3cc(Cl)ccc3Oc3ccc(Cl)cc3Cl)CS[C@@H]12. The molecule has 0 bridgehead atoms. The minimum absolute atomic E-state index is 0.133. The Labute approximate surface area is 246 Å². The molecule has 202 valence electrons. The molecule has 13 heteroatoms. The van der Waals surface area contributed by atoms with E-state index in [0.717, 1.165) is 4.88 Å². The van der Waals surface area contributed by atoms with Crippen LogP contribution >= 0.6 is 57.9 Å². The lowest BCUT2D eigenvalue weighted by atomic mass is 10.0. The molecular formula is C26H19Cl3N2O6S2. The number of carbonyl (C=O) groups is 3. The second-order valence-electron chi connectivity index (χ2n) is 8.52. The molecule has 5 rings (SSSR count). The van der Waals surface area contributed by atoms with Gasteiger partial charge in [-0.25, -0.2) is 4.79 Å². The van der Waals surface area contributed by atoms with Crippen molar-refractivity contribution in [2.24, 2.45) is 0 Å². The van der Waals surface area contributed by atoms with Crippen LogP contribution in [-0.4, -0.2) is 51.6 Å². The second-order valence-corrected chi connectivity index (χ2v) is 11.9. The van der Waals surface area contributed by atoms with E-state index in [9.17, 15) is 19.5 Å². The van der Waals surface area contributed by atoms with Gasteiger partial charge in [0.05, 0.1) is 11.4 Å². The highest BCUT2D eigenvalue weighted by atomic mass is 35.5. The number of hydrogen-bond acceptors (Lipinski definition) is 7. The number of carbonyl (C=O) groups excluding carboxylic acids is 2. The molecule has 0 saturated carbocycles. The number of nitrogens with zero attached hydrogens (tertiary/aromatic N) is 1. The van der Waals surface area contributed by atoms with E-state index in [2.05, 4.69) is 5.32 Å². The van der Waals surface area contributed by atoms with Crippen LogP contribution in [0.4, 0.5) is 0 Å². The summed E-state index contributed by atoms with van der Waals surface area (Å²) < 4.78 is 11.9. The average molecular weight is 626 g/mol. The highest BCUT2D eigenvalue weighted by molar-refractivity contribution is 8.00. The molecule has 2 amide bonds.